The molecule has 0 bridgehead atoms. The van der Waals surface area contributed by atoms with Gasteiger partial charge in [-0.25, -0.2) is 0 Å². The molecule has 0 nitrogen and oxygen atoms in total. The first-order valence-electron chi connectivity index (χ1n) is 0. The predicted molar refractivity (Wildman–Crippen MR) is 0 cm³/mol. The number of hydrogen-bond acceptors (Lipinski definition) is 0. The van der Waals surface area contributed by atoms with Gasteiger partial charge in [-0.1, -0.05) is 0 Å². The molecule has 5 heteroatoms. The topological polar surface area (TPSA) is 0 Å². The third-order valence-corrected chi connectivity index (χ3v) is 0. The summed E-state index contributed by atoms with van der Waals surface area (Å²) in [7, 11) is 0. The van der Waals surface area contributed by atoms with E-state index in [-0.39, 0.29) is 181 Å². The largest absolute Gasteiger partial charge is 0 e. The molecule has 0 amide bonds. The van der Waals surface area contributed by atoms with Crippen molar-refractivity contribution in [3.05, 3.63) is 0 Å². The molecule has 0 heterocycles. The molecule has 0 saturated heterocycles. The smallest absolute Gasteiger partial charge is 0 e. The van der Waals surface area contributed by atoms with Crippen LogP contribution in [0.25, 0.3) is 0 Å². The van der Waals surface area contributed by atoms with E-state index in [1.54, 1.807) is 0 Å². The molecule has 0 fully saturated rings. The van der Waals surface area contributed by atoms with Gasteiger partial charge in [0.25, 0.3) is 0 Å². The summed E-state index contributed by atoms with van der Waals surface area (Å²) in [6, 6.07) is 0. The molecule has 0 aliphatic rings. The van der Waals surface area contributed by atoms with E-state index in [9.17, 15) is 0 Å². The van der Waals surface area contributed by atoms with Crippen molar-refractivity contribution in [2.45, 2.75) is 0 Å². The van der Waals surface area contributed by atoms with Crippen LogP contribution in [0.2, 0.25) is 0 Å². The van der Waals surface area contributed by atoms with Gasteiger partial charge in [-0.15, -0.1) is 0 Å². The van der Waals surface area contributed by atoms with Gasteiger partial charge in [0.05, 0.1) is 0 Å². The molecule has 5 heavy (non-hydrogen) atoms. The van der Waals surface area contributed by atoms with Crippen LogP contribution in [0.5, 0.6) is 0 Å². The molecule has 0 rings (SSSR count). The SMILES string of the molecule is [Ce].[Ce].[La].[Mo].[Nd]. The molecular formula is Ce2LaMoNd. The van der Waals surface area contributed by atoms with Crippen LogP contribution < -0.4 is 0 Å². The van der Waals surface area contributed by atoms with E-state index in [1.165, 1.54) is 0 Å². The minimum absolute atomic E-state index is 0. The Labute approximate surface area is 175 Å². The Morgan fingerprint density at radius 1 is 0.800 bits per heavy atom. The third-order valence-electron chi connectivity index (χ3n) is 0. The Kier molecular flexibility index (Phi) is 138. The molecule has 0 spiro atoms. The minimum atomic E-state index is 0. The maximum Gasteiger partial charge on any atom is 0 e. The van der Waals surface area contributed by atoms with Gasteiger partial charge in [0, 0.05) is 181 Å². The van der Waals surface area contributed by atoms with Crippen LogP contribution in [-0.2, 0) is 21.1 Å². The molecule has 0 aliphatic heterocycles. The van der Waals surface area contributed by atoms with Crippen LogP contribution in [0.3, 0.4) is 0 Å². The van der Waals surface area contributed by atoms with Gasteiger partial charge in [0.1, 0.15) is 0 Å². The average Bonchev–Trinajstić information content (AvgIpc) is 0. The normalized spacial score (nSPS) is 0. The first-order valence-corrected chi connectivity index (χ1v) is 0. The van der Waals surface area contributed by atoms with Crippen LogP contribution in [0, 0.1) is 160 Å². The summed E-state index contributed by atoms with van der Waals surface area (Å²) in [6.07, 6.45) is 0. The molecule has 1 radical (unpaired) electrons. The molecule has 0 aromatic carbocycles. The standard InChI is InChI=1S/2Ce.La.Mo.Nd. The fourth-order valence-corrected chi connectivity index (χ4v) is 0. The van der Waals surface area contributed by atoms with E-state index in [4.69, 9.17) is 0 Å². The summed E-state index contributed by atoms with van der Waals surface area (Å²) in [6.45, 7) is 0. The molecule has 0 atom stereocenters. The van der Waals surface area contributed by atoms with Gasteiger partial charge in [0.2, 0.25) is 0 Å². The van der Waals surface area contributed by atoms with Gasteiger partial charge in [0.15, 0.2) is 0 Å². The molecule has 21 valence electrons. The molecule has 0 N–H and O–H groups in total. The van der Waals surface area contributed by atoms with Crippen LogP contribution in [0.15, 0.2) is 0 Å². The monoisotopic (exact) mass is 659 g/mol. The Balaban J connectivity index is 0. The summed E-state index contributed by atoms with van der Waals surface area (Å²) in [5.41, 5.74) is 0. The van der Waals surface area contributed by atoms with E-state index >= 15 is 0 Å². The van der Waals surface area contributed by atoms with E-state index in [1.807, 2.05) is 0 Å². The van der Waals surface area contributed by atoms with E-state index in [0.29, 0.717) is 0 Å². The quantitative estimate of drug-likeness (QED) is 0.322. The summed E-state index contributed by atoms with van der Waals surface area (Å²) >= 11 is 0. The van der Waals surface area contributed by atoms with Crippen molar-refractivity contribution < 1.29 is 181 Å². The van der Waals surface area contributed by atoms with Gasteiger partial charge in [-0.05, 0) is 0 Å². The second-order valence-electron chi connectivity index (χ2n) is 0. The first-order chi connectivity index (χ1) is 0. The summed E-state index contributed by atoms with van der Waals surface area (Å²) in [5, 5.41) is 0. The average molecular weight is 659 g/mol. The molecule has 0 aromatic rings. The van der Waals surface area contributed by atoms with Crippen LogP contribution in [0.1, 0.15) is 0 Å². The van der Waals surface area contributed by atoms with E-state index < -0.39 is 0 Å². The van der Waals surface area contributed by atoms with Crippen molar-refractivity contribution in [2.75, 3.05) is 0 Å². The molecule has 0 aliphatic carbocycles. The Bertz CT molecular complexity index is 9.61. The zero-order valence-electron chi connectivity index (χ0n) is 2.49. The fourth-order valence-electron chi connectivity index (χ4n) is 0. The Morgan fingerprint density at radius 2 is 0.800 bits per heavy atom. The zero-order valence-corrected chi connectivity index (χ0v) is 17.6. The van der Waals surface area contributed by atoms with Gasteiger partial charge < -0.3 is 0 Å². The van der Waals surface area contributed by atoms with E-state index in [0.717, 1.165) is 0 Å². The third kappa shape index (κ3) is 17.8. The van der Waals surface area contributed by atoms with Crippen molar-refractivity contribution in [3.8, 4) is 0 Å². The van der Waals surface area contributed by atoms with Crippen molar-refractivity contribution in [1.82, 2.24) is 0 Å². The second kappa shape index (κ2) is 22.5. The molecular weight excluding hydrogens is 659 g/mol. The summed E-state index contributed by atoms with van der Waals surface area (Å²) in [4.78, 5) is 0. The number of hydrogen-bond donors (Lipinski definition) is 0. The summed E-state index contributed by atoms with van der Waals surface area (Å²) < 4.78 is 0. The van der Waals surface area contributed by atoms with E-state index in [2.05, 4.69) is 0 Å². The minimum Gasteiger partial charge on any atom is 0 e. The van der Waals surface area contributed by atoms with Crippen molar-refractivity contribution in [1.29, 1.82) is 0 Å². The maximum atomic E-state index is 0. The maximum absolute atomic E-state index is 0. The first kappa shape index (κ1) is 30.6. The molecule has 0 saturated carbocycles. The van der Waals surface area contributed by atoms with Crippen LogP contribution in [0.4, 0.5) is 0 Å². The van der Waals surface area contributed by atoms with Crippen molar-refractivity contribution in [2.24, 2.45) is 0 Å². The van der Waals surface area contributed by atoms with Gasteiger partial charge in [-0.3, -0.25) is 0 Å². The molecule has 0 unspecified atom stereocenters. The fraction of sp³-hybridized carbons (Fsp3) is 0. The van der Waals surface area contributed by atoms with Crippen LogP contribution >= 0.6 is 0 Å². The van der Waals surface area contributed by atoms with Crippen LogP contribution in [-0.4, -0.2) is 0 Å². The van der Waals surface area contributed by atoms with Gasteiger partial charge >= 0.3 is 0 Å². The van der Waals surface area contributed by atoms with Gasteiger partial charge in [-0.2, -0.15) is 0 Å². The summed E-state index contributed by atoms with van der Waals surface area (Å²) in [5.74, 6) is 0. The Morgan fingerprint density at radius 3 is 0.800 bits per heavy atom. The zero-order chi connectivity index (χ0) is 0. The molecule has 0 aromatic heterocycles. The van der Waals surface area contributed by atoms with Crippen molar-refractivity contribution in [3.63, 3.8) is 0 Å². The predicted octanol–water partition coefficient (Wildman–Crippen LogP) is -0.00250. The van der Waals surface area contributed by atoms with Crippen molar-refractivity contribution >= 4 is 0 Å². The second-order valence-corrected chi connectivity index (χ2v) is 0. The number of rotatable bonds is 0. The Hall–Kier alpha value is 5.99.